The SMILES string of the molecule is NC(=O)c1c(N=Cc2ccc(N3CCCC3)nc2)n[nH]c1Nc1cccc(Cl)c1. The smallest absolute Gasteiger partial charge is 0.256 e. The van der Waals surface area contributed by atoms with Crippen LogP contribution in [0, 0.1) is 0 Å². The predicted molar refractivity (Wildman–Crippen MR) is 115 cm³/mol. The van der Waals surface area contributed by atoms with E-state index < -0.39 is 5.91 Å². The number of H-pyrrole nitrogens is 1. The Balaban J connectivity index is 1.53. The lowest BCUT2D eigenvalue weighted by atomic mass is 10.2. The molecule has 0 spiro atoms. The highest BCUT2D eigenvalue weighted by Crippen LogP contribution is 2.27. The number of aromatic nitrogens is 3. The summed E-state index contributed by atoms with van der Waals surface area (Å²) < 4.78 is 0. The minimum absolute atomic E-state index is 0.169. The Labute approximate surface area is 172 Å². The molecular formula is C20H20ClN7O. The molecule has 148 valence electrons. The number of aliphatic imine (C=N–C) groups is 1. The molecule has 9 heteroatoms. The molecule has 4 rings (SSSR count). The molecular weight excluding hydrogens is 390 g/mol. The fourth-order valence-electron chi connectivity index (χ4n) is 3.20. The quantitative estimate of drug-likeness (QED) is 0.538. The highest BCUT2D eigenvalue weighted by atomic mass is 35.5. The number of amides is 1. The number of anilines is 3. The van der Waals surface area contributed by atoms with Crippen molar-refractivity contribution in [3.05, 3.63) is 58.7 Å². The third-order valence-corrected chi connectivity index (χ3v) is 4.86. The van der Waals surface area contributed by atoms with Crippen molar-refractivity contribution in [3.8, 4) is 0 Å². The maximum Gasteiger partial charge on any atom is 0.256 e. The van der Waals surface area contributed by atoms with Gasteiger partial charge in [-0.05, 0) is 43.2 Å². The van der Waals surface area contributed by atoms with E-state index in [2.05, 4.69) is 30.4 Å². The maximum atomic E-state index is 12.0. The lowest BCUT2D eigenvalue weighted by Gasteiger charge is -2.15. The van der Waals surface area contributed by atoms with Crippen molar-refractivity contribution in [1.29, 1.82) is 0 Å². The minimum Gasteiger partial charge on any atom is -0.365 e. The molecule has 4 N–H and O–H groups in total. The van der Waals surface area contributed by atoms with Crippen LogP contribution in [0.4, 0.5) is 23.1 Å². The molecule has 29 heavy (non-hydrogen) atoms. The lowest BCUT2D eigenvalue weighted by molar-refractivity contribution is 0.100. The molecule has 0 saturated carbocycles. The van der Waals surface area contributed by atoms with E-state index >= 15 is 0 Å². The number of aromatic amines is 1. The molecule has 1 aromatic carbocycles. The molecule has 3 heterocycles. The number of hydrogen-bond acceptors (Lipinski definition) is 6. The second-order valence-corrected chi connectivity index (χ2v) is 7.14. The Morgan fingerprint density at radius 3 is 2.79 bits per heavy atom. The largest absolute Gasteiger partial charge is 0.365 e. The van der Waals surface area contributed by atoms with Crippen LogP contribution in [0.3, 0.4) is 0 Å². The van der Waals surface area contributed by atoms with Gasteiger partial charge in [-0.3, -0.25) is 9.89 Å². The van der Waals surface area contributed by atoms with Crippen LogP contribution in [0.25, 0.3) is 0 Å². The Hall–Kier alpha value is -3.39. The summed E-state index contributed by atoms with van der Waals surface area (Å²) in [7, 11) is 0. The van der Waals surface area contributed by atoms with E-state index in [0.29, 0.717) is 16.5 Å². The number of benzene rings is 1. The molecule has 0 unspecified atom stereocenters. The van der Waals surface area contributed by atoms with Gasteiger partial charge in [0.1, 0.15) is 17.2 Å². The Morgan fingerprint density at radius 2 is 2.10 bits per heavy atom. The summed E-state index contributed by atoms with van der Waals surface area (Å²) in [6.07, 6.45) is 5.75. The fourth-order valence-corrected chi connectivity index (χ4v) is 3.39. The number of rotatable bonds is 6. The summed E-state index contributed by atoms with van der Waals surface area (Å²) in [5, 5.41) is 10.5. The van der Waals surface area contributed by atoms with Crippen molar-refractivity contribution in [2.75, 3.05) is 23.3 Å². The number of nitrogens with one attached hydrogen (secondary N) is 2. The van der Waals surface area contributed by atoms with E-state index in [9.17, 15) is 4.79 Å². The normalized spacial score (nSPS) is 13.9. The van der Waals surface area contributed by atoms with Crippen LogP contribution in [0.5, 0.6) is 0 Å². The summed E-state index contributed by atoms with van der Waals surface area (Å²) in [5.74, 6) is 0.878. The van der Waals surface area contributed by atoms with Gasteiger partial charge in [-0.2, -0.15) is 5.10 Å². The van der Waals surface area contributed by atoms with E-state index in [0.717, 1.165) is 24.5 Å². The van der Waals surface area contributed by atoms with Gasteiger partial charge < -0.3 is 16.0 Å². The summed E-state index contributed by atoms with van der Waals surface area (Å²) in [6, 6.07) is 11.0. The molecule has 1 saturated heterocycles. The number of halogens is 1. The molecule has 2 aromatic heterocycles. The van der Waals surface area contributed by atoms with Crippen LogP contribution in [0.15, 0.2) is 47.6 Å². The number of nitrogens with two attached hydrogens (primary N) is 1. The zero-order valence-corrected chi connectivity index (χ0v) is 16.4. The van der Waals surface area contributed by atoms with E-state index in [4.69, 9.17) is 17.3 Å². The van der Waals surface area contributed by atoms with Crippen LogP contribution >= 0.6 is 11.6 Å². The fraction of sp³-hybridized carbons (Fsp3) is 0.200. The van der Waals surface area contributed by atoms with Crippen LogP contribution in [0.1, 0.15) is 28.8 Å². The molecule has 1 aliphatic heterocycles. The van der Waals surface area contributed by atoms with E-state index in [-0.39, 0.29) is 11.4 Å². The van der Waals surface area contributed by atoms with Gasteiger partial charge in [-0.15, -0.1) is 0 Å². The van der Waals surface area contributed by atoms with Gasteiger partial charge in [0.05, 0.1) is 0 Å². The van der Waals surface area contributed by atoms with Gasteiger partial charge in [-0.1, -0.05) is 17.7 Å². The third-order valence-electron chi connectivity index (χ3n) is 4.62. The number of nitrogens with zero attached hydrogens (tertiary/aromatic N) is 4. The molecule has 0 atom stereocenters. The Kier molecular flexibility index (Phi) is 5.44. The standard InChI is InChI=1S/C20H20ClN7O/c21-14-4-3-5-15(10-14)25-20-17(18(22)29)19(26-27-20)24-12-13-6-7-16(23-11-13)28-8-1-2-9-28/h3-7,10-12H,1-2,8-9H2,(H2,22,29)(H2,25,26,27). The van der Waals surface area contributed by atoms with Gasteiger partial charge in [0.25, 0.3) is 5.91 Å². The minimum atomic E-state index is -0.641. The first-order valence-corrected chi connectivity index (χ1v) is 9.64. The van der Waals surface area contributed by atoms with Crippen LogP contribution in [0.2, 0.25) is 5.02 Å². The summed E-state index contributed by atoms with van der Waals surface area (Å²) in [5.41, 5.74) is 7.21. The average molecular weight is 410 g/mol. The molecule has 1 fully saturated rings. The first kappa shape index (κ1) is 18.9. The van der Waals surface area contributed by atoms with Gasteiger partial charge in [0.2, 0.25) is 0 Å². The van der Waals surface area contributed by atoms with E-state index in [1.165, 1.54) is 12.8 Å². The molecule has 0 aliphatic carbocycles. The van der Waals surface area contributed by atoms with Crippen molar-refractivity contribution in [2.45, 2.75) is 12.8 Å². The van der Waals surface area contributed by atoms with Crippen molar-refractivity contribution >= 4 is 46.9 Å². The maximum absolute atomic E-state index is 12.0. The van der Waals surface area contributed by atoms with Crippen molar-refractivity contribution in [3.63, 3.8) is 0 Å². The second kappa shape index (κ2) is 8.32. The average Bonchev–Trinajstić information content (AvgIpc) is 3.37. The van der Waals surface area contributed by atoms with Gasteiger partial charge in [-0.25, -0.2) is 9.98 Å². The van der Waals surface area contributed by atoms with Crippen molar-refractivity contribution in [1.82, 2.24) is 15.2 Å². The number of primary amides is 1. The first-order chi connectivity index (χ1) is 14.1. The number of hydrogen-bond donors (Lipinski definition) is 3. The number of carbonyl (C=O) groups excluding carboxylic acids is 1. The molecule has 3 aromatic rings. The monoisotopic (exact) mass is 409 g/mol. The highest BCUT2D eigenvalue weighted by molar-refractivity contribution is 6.30. The highest BCUT2D eigenvalue weighted by Gasteiger charge is 2.18. The summed E-state index contributed by atoms with van der Waals surface area (Å²) in [6.45, 7) is 2.08. The van der Waals surface area contributed by atoms with Crippen LogP contribution < -0.4 is 16.0 Å². The molecule has 0 radical (unpaired) electrons. The van der Waals surface area contributed by atoms with Crippen molar-refractivity contribution in [2.24, 2.45) is 10.7 Å². The number of pyridine rings is 1. The van der Waals surface area contributed by atoms with Gasteiger partial charge in [0.15, 0.2) is 5.82 Å². The van der Waals surface area contributed by atoms with Crippen molar-refractivity contribution < 1.29 is 4.79 Å². The van der Waals surface area contributed by atoms with Gasteiger partial charge >= 0.3 is 0 Å². The first-order valence-electron chi connectivity index (χ1n) is 9.26. The van der Waals surface area contributed by atoms with Gasteiger partial charge in [0, 0.05) is 41.8 Å². The molecule has 0 bridgehead atoms. The zero-order chi connectivity index (χ0) is 20.2. The second-order valence-electron chi connectivity index (χ2n) is 6.70. The summed E-state index contributed by atoms with van der Waals surface area (Å²) >= 11 is 6.00. The number of carbonyl (C=O) groups is 1. The van der Waals surface area contributed by atoms with Crippen LogP contribution in [-0.4, -0.2) is 40.4 Å². The topological polar surface area (TPSA) is 112 Å². The van der Waals surface area contributed by atoms with E-state index in [1.807, 2.05) is 18.2 Å². The van der Waals surface area contributed by atoms with E-state index in [1.54, 1.807) is 30.6 Å². The Morgan fingerprint density at radius 1 is 1.28 bits per heavy atom. The predicted octanol–water partition coefficient (Wildman–Crippen LogP) is 3.65. The summed E-state index contributed by atoms with van der Waals surface area (Å²) in [4.78, 5) is 23.0. The molecule has 1 amide bonds. The zero-order valence-electron chi connectivity index (χ0n) is 15.6. The molecule has 8 nitrogen and oxygen atoms in total. The van der Waals surface area contributed by atoms with Crippen LogP contribution in [-0.2, 0) is 0 Å². The Bertz CT molecular complexity index is 1040. The third kappa shape index (κ3) is 4.38. The molecule has 1 aliphatic rings. The lowest BCUT2D eigenvalue weighted by Crippen LogP contribution is -2.18.